The minimum atomic E-state index is -0.554. The average molecular weight is 825 g/mol. The Morgan fingerprint density at radius 2 is 1.52 bits per heavy atom. The number of nitrogens with zero attached hydrogens (tertiary/aromatic N) is 1. The largest absolute Gasteiger partial charge is 0.512 e. The molecule has 0 amide bonds. The Morgan fingerprint density at radius 1 is 0.917 bits per heavy atom. The van der Waals surface area contributed by atoms with Crippen molar-refractivity contribution in [3.8, 4) is 17.0 Å². The SMILES string of the molecule is CC(C)(C)Cc1c2c(nc3ccccc13)-c1[c-]cc3oc4ccccc4c3c1C(C)(C)O2.CCC(CC)C(=O)/C=C(\O)C(CC)CC.[Ir]. The van der Waals surface area contributed by atoms with Crippen LogP contribution in [0.3, 0.4) is 0 Å². The van der Waals surface area contributed by atoms with Crippen molar-refractivity contribution in [1.29, 1.82) is 0 Å². The molecular weight excluding hydrogens is 775 g/mol. The quantitative estimate of drug-likeness (QED) is 0.0958. The van der Waals surface area contributed by atoms with Gasteiger partial charge in [-0.25, -0.2) is 0 Å². The fourth-order valence-electron chi connectivity index (χ4n) is 6.88. The maximum absolute atomic E-state index is 11.7. The van der Waals surface area contributed by atoms with Crippen LogP contribution < -0.4 is 4.74 Å². The van der Waals surface area contributed by atoms with E-state index in [9.17, 15) is 9.90 Å². The Balaban J connectivity index is 0.000000279. The predicted molar refractivity (Wildman–Crippen MR) is 194 cm³/mol. The first-order valence-electron chi connectivity index (χ1n) is 17.2. The molecule has 1 radical (unpaired) electrons. The molecule has 6 heteroatoms. The third kappa shape index (κ3) is 7.40. The number of benzene rings is 3. The zero-order chi connectivity index (χ0) is 34.1. The van der Waals surface area contributed by atoms with E-state index in [1.54, 1.807) is 0 Å². The fourth-order valence-corrected chi connectivity index (χ4v) is 6.88. The van der Waals surface area contributed by atoms with Gasteiger partial charge in [0.25, 0.3) is 0 Å². The summed E-state index contributed by atoms with van der Waals surface area (Å²) in [5.41, 5.74) is 6.47. The number of fused-ring (bicyclic) bond motifs is 8. The van der Waals surface area contributed by atoms with Crippen LogP contribution >= 0.6 is 0 Å². The Labute approximate surface area is 299 Å². The number of rotatable bonds is 8. The van der Waals surface area contributed by atoms with Gasteiger partial charge in [0.2, 0.25) is 0 Å². The number of ketones is 1. The summed E-state index contributed by atoms with van der Waals surface area (Å²) in [6.45, 7) is 19.2. The second-order valence-corrected chi connectivity index (χ2v) is 14.5. The van der Waals surface area contributed by atoms with E-state index in [-0.39, 0.29) is 48.9 Å². The van der Waals surface area contributed by atoms with Crippen LogP contribution in [0.25, 0.3) is 44.1 Å². The predicted octanol–water partition coefficient (Wildman–Crippen LogP) is 11.7. The molecule has 0 saturated heterocycles. The van der Waals surface area contributed by atoms with Crippen LogP contribution in [-0.4, -0.2) is 15.9 Å². The maximum atomic E-state index is 11.7. The van der Waals surface area contributed by atoms with Crippen LogP contribution in [0, 0.1) is 23.3 Å². The number of aromatic nitrogens is 1. The van der Waals surface area contributed by atoms with Crippen LogP contribution in [0.4, 0.5) is 0 Å². The van der Waals surface area contributed by atoms with Crippen molar-refractivity contribution in [1.82, 2.24) is 4.98 Å². The second kappa shape index (κ2) is 15.0. The summed E-state index contributed by atoms with van der Waals surface area (Å²) in [4.78, 5) is 16.8. The van der Waals surface area contributed by atoms with Crippen LogP contribution in [-0.2, 0) is 36.9 Å². The molecular formula is C42H50IrNO4-. The fraction of sp³-hybridized carbons (Fsp3) is 0.429. The third-order valence-corrected chi connectivity index (χ3v) is 9.41. The molecule has 0 bridgehead atoms. The van der Waals surface area contributed by atoms with E-state index >= 15 is 0 Å². The molecule has 0 unspecified atom stereocenters. The van der Waals surface area contributed by atoms with Crippen LogP contribution in [0.15, 0.2) is 70.8 Å². The number of aliphatic hydroxyl groups is 1. The summed E-state index contributed by atoms with van der Waals surface area (Å²) in [6.07, 6.45) is 5.81. The summed E-state index contributed by atoms with van der Waals surface area (Å²) < 4.78 is 13.0. The smallest absolute Gasteiger partial charge is 0.162 e. The molecule has 0 spiro atoms. The van der Waals surface area contributed by atoms with Gasteiger partial charge in [0.15, 0.2) is 5.78 Å². The summed E-state index contributed by atoms with van der Waals surface area (Å²) in [7, 11) is 0. The number of para-hydroxylation sites is 2. The zero-order valence-electron chi connectivity index (χ0n) is 29.9. The minimum Gasteiger partial charge on any atom is -0.512 e. The van der Waals surface area contributed by atoms with Crippen molar-refractivity contribution in [2.75, 3.05) is 0 Å². The Morgan fingerprint density at radius 3 is 2.15 bits per heavy atom. The summed E-state index contributed by atoms with van der Waals surface area (Å²) in [6, 6.07) is 22.0. The molecule has 6 rings (SSSR count). The Bertz CT molecular complexity index is 1940. The number of hydrogen-bond acceptors (Lipinski definition) is 5. The topological polar surface area (TPSA) is 72.6 Å². The first-order chi connectivity index (χ1) is 22.3. The summed E-state index contributed by atoms with van der Waals surface area (Å²) >= 11 is 0. The molecule has 5 aromatic rings. The zero-order valence-corrected chi connectivity index (χ0v) is 32.3. The molecule has 0 fully saturated rings. The number of hydrogen-bond donors (Lipinski definition) is 1. The van der Waals surface area contributed by atoms with Gasteiger partial charge < -0.3 is 14.3 Å². The maximum Gasteiger partial charge on any atom is 0.162 e. The number of ether oxygens (including phenoxy) is 1. The average Bonchev–Trinajstić information content (AvgIpc) is 3.41. The molecule has 0 aliphatic carbocycles. The van der Waals surface area contributed by atoms with Gasteiger partial charge >= 0.3 is 0 Å². The summed E-state index contributed by atoms with van der Waals surface area (Å²) in [5.74, 6) is 1.44. The van der Waals surface area contributed by atoms with Gasteiger partial charge in [0.1, 0.15) is 11.3 Å². The van der Waals surface area contributed by atoms with E-state index < -0.39 is 5.60 Å². The van der Waals surface area contributed by atoms with Crippen molar-refractivity contribution < 1.29 is 39.2 Å². The van der Waals surface area contributed by atoms with Gasteiger partial charge in [0, 0.05) is 54.5 Å². The first kappa shape index (κ1) is 37.3. The molecule has 0 atom stereocenters. The number of carbonyl (C=O) groups excluding carboxylic acids is 1. The van der Waals surface area contributed by atoms with Crippen molar-refractivity contribution in [2.24, 2.45) is 17.3 Å². The molecule has 1 aliphatic rings. The third-order valence-electron chi connectivity index (χ3n) is 9.41. The molecule has 3 heterocycles. The van der Waals surface area contributed by atoms with Gasteiger partial charge in [-0.3, -0.25) is 9.78 Å². The van der Waals surface area contributed by atoms with Gasteiger partial charge in [-0.1, -0.05) is 90.4 Å². The van der Waals surface area contributed by atoms with Gasteiger partial charge in [-0.2, -0.15) is 0 Å². The molecule has 0 saturated carbocycles. The molecule has 257 valence electrons. The van der Waals surface area contributed by atoms with E-state index in [1.807, 2.05) is 52.0 Å². The monoisotopic (exact) mass is 825 g/mol. The van der Waals surface area contributed by atoms with Crippen molar-refractivity contribution in [3.63, 3.8) is 0 Å². The van der Waals surface area contributed by atoms with Gasteiger partial charge in [-0.15, -0.1) is 17.7 Å². The van der Waals surface area contributed by atoms with E-state index in [0.717, 1.165) is 87.5 Å². The van der Waals surface area contributed by atoms with Crippen LogP contribution in [0.5, 0.6) is 5.75 Å². The normalized spacial score (nSPS) is 13.9. The Hall–Kier alpha value is -3.47. The van der Waals surface area contributed by atoms with Crippen LogP contribution in [0.2, 0.25) is 0 Å². The molecule has 5 nitrogen and oxygen atoms in total. The number of aliphatic hydroxyl groups excluding tert-OH is 1. The second-order valence-electron chi connectivity index (χ2n) is 14.5. The number of pyridine rings is 1. The van der Waals surface area contributed by atoms with Crippen molar-refractivity contribution >= 4 is 38.6 Å². The van der Waals surface area contributed by atoms with E-state index in [1.165, 1.54) is 11.6 Å². The van der Waals surface area contributed by atoms with E-state index in [2.05, 4.69) is 71.0 Å². The van der Waals surface area contributed by atoms with Crippen molar-refractivity contribution in [2.45, 2.75) is 100 Å². The van der Waals surface area contributed by atoms with Crippen molar-refractivity contribution in [3.05, 3.63) is 83.6 Å². The van der Waals surface area contributed by atoms with Crippen LogP contribution in [0.1, 0.15) is 99.1 Å². The minimum absolute atomic E-state index is 0. The number of allylic oxidation sites excluding steroid dienone is 2. The van der Waals surface area contributed by atoms with E-state index in [0.29, 0.717) is 0 Å². The molecule has 3 aromatic carbocycles. The van der Waals surface area contributed by atoms with Gasteiger partial charge in [-0.05, 0) is 74.4 Å². The molecule has 1 N–H and O–H groups in total. The first-order valence-corrected chi connectivity index (χ1v) is 17.2. The number of furan rings is 1. The molecule has 2 aromatic heterocycles. The standard InChI is InChI=1S/C29H26NO2.C13H24O2.Ir/c1-28(2,3)16-20-17-10-6-8-12-21(17)30-26-19-14-15-23-24(18-11-7-9-13-22(18)31-23)25(19)29(4,5)32-27(20)26;1-5-10(6-2)12(14)9-13(15)11(7-3)8-4;/h6-13,15H,16H2,1-5H3;9-11,14H,5-8H2,1-4H3;/q-1;;/b;12-9-;. The Kier molecular flexibility index (Phi) is 11.6. The molecule has 48 heavy (non-hydrogen) atoms. The summed E-state index contributed by atoms with van der Waals surface area (Å²) in [5, 5.41) is 13.1. The van der Waals surface area contributed by atoms with E-state index in [4.69, 9.17) is 14.1 Å². The van der Waals surface area contributed by atoms with Gasteiger partial charge in [0.05, 0.1) is 22.5 Å². The number of carbonyl (C=O) groups is 1. The molecule has 1 aliphatic heterocycles.